The normalized spacial score (nSPS) is 30.9. The Labute approximate surface area is 171 Å². The fourth-order valence-electron chi connectivity index (χ4n) is 4.66. The third kappa shape index (κ3) is 4.87. The first-order chi connectivity index (χ1) is 13.9. The molecule has 5 rings (SSSR count). The van der Waals surface area contributed by atoms with Crippen molar-refractivity contribution < 1.29 is 22.7 Å². The number of amides is 1. The van der Waals surface area contributed by atoms with E-state index in [1.807, 2.05) is 0 Å². The Kier molecular flexibility index (Phi) is 6.03. The number of fused-ring (bicyclic) bond motifs is 5. The number of nitrogens with zero attached hydrogens (tertiary/aromatic N) is 3. The highest BCUT2D eigenvalue weighted by atomic mass is 32.2. The van der Waals surface area contributed by atoms with Gasteiger partial charge in [0, 0.05) is 30.9 Å². The second kappa shape index (κ2) is 8.53. The van der Waals surface area contributed by atoms with Crippen LogP contribution in [0, 0.1) is 0 Å². The highest BCUT2D eigenvalue weighted by Crippen LogP contribution is 2.37. The molecule has 4 aliphatic rings. The van der Waals surface area contributed by atoms with Crippen LogP contribution in [0.4, 0.5) is 0 Å². The Morgan fingerprint density at radius 2 is 1.90 bits per heavy atom. The van der Waals surface area contributed by atoms with E-state index in [9.17, 15) is 13.2 Å². The standard InChI is InChI=1S/C19H28N4O5S/c1-29(25,26)22-15-3-2-10-23-16(15)11-27-14-6-4-13(5-7-14)18-19(21-9-8-20-18)28-12-17(23)24/h8-9,13-16,22H,2-7,10-12H2,1H3/t13?,14?,15-,16-/m0/s1. The molecule has 10 heteroatoms. The molecular weight excluding hydrogens is 396 g/mol. The number of ether oxygens (including phenoxy) is 2. The zero-order valence-corrected chi connectivity index (χ0v) is 17.4. The summed E-state index contributed by atoms with van der Waals surface area (Å²) in [5.41, 5.74) is 0.810. The number of piperidine rings is 1. The van der Waals surface area contributed by atoms with Crippen molar-refractivity contribution in [1.29, 1.82) is 0 Å². The molecule has 0 unspecified atom stereocenters. The van der Waals surface area contributed by atoms with Crippen molar-refractivity contribution in [1.82, 2.24) is 19.6 Å². The van der Waals surface area contributed by atoms with Crippen LogP contribution in [0.5, 0.6) is 5.88 Å². The third-order valence-corrected chi connectivity index (χ3v) is 6.78. The van der Waals surface area contributed by atoms with Gasteiger partial charge in [-0.3, -0.25) is 9.78 Å². The summed E-state index contributed by atoms with van der Waals surface area (Å²) in [4.78, 5) is 23.5. The Morgan fingerprint density at radius 3 is 2.66 bits per heavy atom. The largest absolute Gasteiger partial charge is 0.466 e. The number of carbonyl (C=O) groups is 1. The van der Waals surface area contributed by atoms with Gasteiger partial charge in [0.25, 0.3) is 5.91 Å². The van der Waals surface area contributed by atoms with Crippen LogP contribution in [0.3, 0.4) is 0 Å². The highest BCUT2D eigenvalue weighted by molar-refractivity contribution is 7.88. The van der Waals surface area contributed by atoms with Crippen LogP contribution < -0.4 is 9.46 Å². The maximum Gasteiger partial charge on any atom is 0.260 e. The van der Waals surface area contributed by atoms with Crippen LogP contribution in [0.2, 0.25) is 0 Å². The van der Waals surface area contributed by atoms with E-state index in [0.717, 1.165) is 44.1 Å². The number of rotatable bonds is 2. The molecule has 29 heavy (non-hydrogen) atoms. The zero-order valence-electron chi connectivity index (χ0n) is 16.6. The quantitative estimate of drug-likeness (QED) is 0.748. The van der Waals surface area contributed by atoms with Gasteiger partial charge in [-0.25, -0.2) is 18.1 Å². The molecule has 1 aromatic rings. The van der Waals surface area contributed by atoms with Crippen LogP contribution in [0.1, 0.15) is 50.1 Å². The summed E-state index contributed by atoms with van der Waals surface area (Å²) in [5, 5.41) is 0. The molecule has 9 nitrogen and oxygen atoms in total. The lowest BCUT2D eigenvalue weighted by molar-refractivity contribution is -0.140. The fourth-order valence-corrected chi connectivity index (χ4v) is 5.49. The van der Waals surface area contributed by atoms with Crippen molar-refractivity contribution >= 4 is 15.9 Å². The van der Waals surface area contributed by atoms with Gasteiger partial charge in [-0.15, -0.1) is 0 Å². The summed E-state index contributed by atoms with van der Waals surface area (Å²) in [6, 6.07) is -0.717. The first-order valence-electron chi connectivity index (χ1n) is 10.2. The summed E-state index contributed by atoms with van der Waals surface area (Å²) >= 11 is 0. The number of sulfonamides is 1. The van der Waals surface area contributed by atoms with Gasteiger partial charge in [-0.1, -0.05) is 0 Å². The lowest BCUT2D eigenvalue weighted by Crippen LogP contribution is -2.59. The molecule has 160 valence electrons. The first-order valence-corrected chi connectivity index (χ1v) is 12.1. The fraction of sp³-hybridized carbons (Fsp3) is 0.737. The Morgan fingerprint density at radius 1 is 1.14 bits per heavy atom. The molecule has 3 aliphatic heterocycles. The van der Waals surface area contributed by atoms with E-state index in [1.165, 1.54) is 0 Å². The van der Waals surface area contributed by atoms with Crippen LogP contribution >= 0.6 is 0 Å². The molecule has 1 aromatic heterocycles. The van der Waals surface area contributed by atoms with E-state index in [0.29, 0.717) is 25.5 Å². The van der Waals surface area contributed by atoms with Gasteiger partial charge in [0.05, 0.1) is 25.0 Å². The molecule has 2 atom stereocenters. The van der Waals surface area contributed by atoms with Crippen molar-refractivity contribution in [2.45, 2.75) is 62.6 Å². The summed E-state index contributed by atoms with van der Waals surface area (Å²) in [7, 11) is -3.39. The molecular formula is C19H28N4O5S. The minimum Gasteiger partial charge on any atom is -0.466 e. The zero-order chi connectivity index (χ0) is 20.4. The Bertz CT molecular complexity index is 841. The van der Waals surface area contributed by atoms with Crippen LogP contribution in [0.15, 0.2) is 12.4 Å². The van der Waals surface area contributed by atoms with E-state index >= 15 is 0 Å². The maximum atomic E-state index is 13.0. The van der Waals surface area contributed by atoms with Gasteiger partial charge < -0.3 is 14.4 Å². The second-order valence-electron chi connectivity index (χ2n) is 8.14. The van der Waals surface area contributed by atoms with E-state index in [-0.39, 0.29) is 36.6 Å². The van der Waals surface area contributed by atoms with Gasteiger partial charge in [-0.05, 0) is 38.5 Å². The smallest absolute Gasteiger partial charge is 0.260 e. The van der Waals surface area contributed by atoms with Gasteiger partial charge in [0.15, 0.2) is 6.61 Å². The third-order valence-electron chi connectivity index (χ3n) is 6.05. The second-order valence-corrected chi connectivity index (χ2v) is 9.92. The lowest BCUT2D eigenvalue weighted by atomic mass is 9.85. The minimum absolute atomic E-state index is 0.103. The SMILES string of the molecule is CS(=O)(=O)N[C@H]1CCCN2C(=O)COc3nccnc3C3CCC(CC3)OC[C@@H]12. The number of hydrogen-bond acceptors (Lipinski definition) is 7. The van der Waals surface area contributed by atoms with Crippen LogP contribution in [-0.4, -0.2) is 73.4 Å². The summed E-state index contributed by atoms with van der Waals surface area (Å²) in [6.45, 7) is 0.723. The van der Waals surface area contributed by atoms with Crippen molar-refractivity contribution in [3.05, 3.63) is 18.1 Å². The van der Waals surface area contributed by atoms with Gasteiger partial charge >= 0.3 is 0 Å². The van der Waals surface area contributed by atoms with Gasteiger partial charge in [0.1, 0.15) is 5.69 Å². The van der Waals surface area contributed by atoms with E-state index in [1.54, 1.807) is 17.3 Å². The molecule has 2 bridgehead atoms. The molecule has 2 fully saturated rings. The number of nitrogens with one attached hydrogen (secondary N) is 1. The predicted octanol–water partition coefficient (Wildman–Crippen LogP) is 0.821. The molecule has 1 N–H and O–H groups in total. The van der Waals surface area contributed by atoms with Crippen molar-refractivity contribution in [2.24, 2.45) is 0 Å². The van der Waals surface area contributed by atoms with Crippen molar-refractivity contribution in [2.75, 3.05) is 26.0 Å². The number of carbonyl (C=O) groups excluding carboxylic acids is 1. The highest BCUT2D eigenvalue weighted by Gasteiger charge is 2.38. The molecule has 1 saturated heterocycles. The summed E-state index contributed by atoms with van der Waals surface area (Å²) in [6.07, 6.45) is 9.51. The Balaban J connectivity index is 1.61. The monoisotopic (exact) mass is 424 g/mol. The van der Waals surface area contributed by atoms with Crippen LogP contribution in [-0.2, 0) is 19.6 Å². The molecule has 4 heterocycles. The van der Waals surface area contributed by atoms with Crippen molar-refractivity contribution in [3.8, 4) is 5.88 Å². The molecule has 0 radical (unpaired) electrons. The molecule has 1 amide bonds. The number of aromatic nitrogens is 2. The molecule has 0 aromatic carbocycles. The average molecular weight is 425 g/mol. The van der Waals surface area contributed by atoms with Gasteiger partial charge in [-0.2, -0.15) is 0 Å². The maximum absolute atomic E-state index is 13.0. The van der Waals surface area contributed by atoms with E-state index < -0.39 is 10.0 Å². The van der Waals surface area contributed by atoms with E-state index in [4.69, 9.17) is 9.47 Å². The Hall–Kier alpha value is -1.78. The average Bonchev–Trinajstić information content (AvgIpc) is 2.71. The number of hydrogen-bond donors (Lipinski definition) is 1. The van der Waals surface area contributed by atoms with Crippen LogP contribution in [0.25, 0.3) is 0 Å². The van der Waals surface area contributed by atoms with Gasteiger partial charge in [0.2, 0.25) is 15.9 Å². The molecule has 1 aliphatic carbocycles. The summed E-state index contributed by atoms with van der Waals surface area (Å²) < 4.78 is 38.4. The van der Waals surface area contributed by atoms with Crippen molar-refractivity contribution in [3.63, 3.8) is 0 Å². The van der Waals surface area contributed by atoms with E-state index in [2.05, 4.69) is 14.7 Å². The predicted molar refractivity (Wildman–Crippen MR) is 105 cm³/mol. The topological polar surface area (TPSA) is 111 Å². The molecule has 1 saturated carbocycles. The first kappa shape index (κ1) is 20.5. The molecule has 0 spiro atoms. The minimum atomic E-state index is -3.39. The lowest BCUT2D eigenvalue weighted by Gasteiger charge is -2.41. The summed E-state index contributed by atoms with van der Waals surface area (Å²) in [5.74, 6) is 0.474.